The summed E-state index contributed by atoms with van der Waals surface area (Å²) in [5.41, 5.74) is 5.75. The molecule has 0 unspecified atom stereocenters. The first kappa shape index (κ1) is 14.7. The maximum atomic E-state index is 11.6. The molecule has 0 heterocycles. The summed E-state index contributed by atoms with van der Waals surface area (Å²) in [6, 6.07) is 2.89. The van der Waals surface area contributed by atoms with Crippen LogP contribution < -0.4 is 5.73 Å². The summed E-state index contributed by atoms with van der Waals surface area (Å²) >= 11 is 5.87. The van der Waals surface area contributed by atoms with Gasteiger partial charge in [-0.05, 0) is 30.2 Å². The first-order valence-electron chi connectivity index (χ1n) is 4.92. The van der Waals surface area contributed by atoms with E-state index in [0.29, 0.717) is 5.56 Å². The maximum absolute atomic E-state index is 11.6. The average Bonchev–Trinajstić information content (AvgIpc) is 2.31. The molecule has 0 radical (unpaired) electrons. The number of hydrogen-bond acceptors (Lipinski definition) is 4. The second kappa shape index (κ2) is 5.51. The lowest BCUT2D eigenvalue weighted by atomic mass is 10.1. The molecule has 0 aliphatic rings. The van der Waals surface area contributed by atoms with E-state index in [-0.39, 0.29) is 16.3 Å². The minimum Gasteiger partial charge on any atom is -0.480 e. The third kappa shape index (κ3) is 3.32. The van der Waals surface area contributed by atoms with Crippen molar-refractivity contribution in [3.05, 3.63) is 40.8 Å². The Morgan fingerprint density at radius 2 is 2.17 bits per heavy atom. The van der Waals surface area contributed by atoms with Gasteiger partial charge in [-0.1, -0.05) is 18.2 Å². The Bertz CT molecular complexity index is 583. The first-order valence-corrected chi connectivity index (χ1v) is 6.84. The molecule has 98 valence electrons. The quantitative estimate of drug-likeness (QED) is 0.849. The largest absolute Gasteiger partial charge is 0.480 e. The molecule has 7 heteroatoms. The maximum Gasteiger partial charge on any atom is 0.320 e. The van der Waals surface area contributed by atoms with E-state index in [4.69, 9.17) is 22.4 Å². The van der Waals surface area contributed by atoms with E-state index in [1.165, 1.54) is 18.2 Å². The van der Waals surface area contributed by atoms with Gasteiger partial charge in [-0.3, -0.25) is 4.79 Å². The Kier molecular flexibility index (Phi) is 4.50. The van der Waals surface area contributed by atoms with Crippen LogP contribution in [0.3, 0.4) is 0 Å². The van der Waals surface area contributed by atoms with Crippen molar-refractivity contribution in [1.82, 2.24) is 0 Å². The summed E-state index contributed by atoms with van der Waals surface area (Å²) in [5, 5.41) is 9.80. The van der Waals surface area contributed by atoms with Crippen LogP contribution >= 0.6 is 11.6 Å². The predicted molar refractivity (Wildman–Crippen MR) is 68.2 cm³/mol. The van der Waals surface area contributed by atoms with Crippen molar-refractivity contribution >= 4 is 27.4 Å². The fraction of sp³-hybridized carbons (Fsp3) is 0.182. The number of benzene rings is 1. The highest BCUT2D eigenvalue weighted by Crippen LogP contribution is 2.22. The van der Waals surface area contributed by atoms with Gasteiger partial charge in [-0.25, -0.2) is 8.42 Å². The number of nitrogens with two attached hydrogens (primary N) is 1. The van der Waals surface area contributed by atoms with Crippen LogP contribution in [0.4, 0.5) is 0 Å². The highest BCUT2D eigenvalue weighted by Gasteiger charge is 2.17. The molecule has 1 aromatic carbocycles. The number of carboxylic acids is 1. The van der Waals surface area contributed by atoms with Gasteiger partial charge in [0.05, 0.1) is 4.90 Å². The van der Waals surface area contributed by atoms with Gasteiger partial charge in [0.25, 0.3) is 0 Å². The third-order valence-corrected chi connectivity index (χ3v) is 4.04. The van der Waals surface area contributed by atoms with E-state index in [0.717, 1.165) is 5.41 Å². The van der Waals surface area contributed by atoms with E-state index < -0.39 is 21.8 Å². The van der Waals surface area contributed by atoms with Crippen LogP contribution in [0.25, 0.3) is 0 Å². The highest BCUT2D eigenvalue weighted by molar-refractivity contribution is 7.94. The molecular formula is C11H12ClNO4S. The van der Waals surface area contributed by atoms with Gasteiger partial charge in [0.1, 0.15) is 6.04 Å². The van der Waals surface area contributed by atoms with Crippen molar-refractivity contribution in [2.45, 2.75) is 17.4 Å². The zero-order valence-corrected chi connectivity index (χ0v) is 10.9. The molecule has 0 amide bonds. The van der Waals surface area contributed by atoms with Crippen LogP contribution in [0.1, 0.15) is 5.56 Å². The summed E-state index contributed by atoms with van der Waals surface area (Å²) in [4.78, 5) is 10.7. The second-order valence-corrected chi connectivity index (χ2v) is 5.92. The molecule has 0 aliphatic heterocycles. The lowest BCUT2D eigenvalue weighted by Crippen LogP contribution is -2.32. The molecule has 0 aromatic heterocycles. The van der Waals surface area contributed by atoms with E-state index >= 15 is 0 Å². The summed E-state index contributed by atoms with van der Waals surface area (Å²) in [6.07, 6.45) is -0.0470. The summed E-state index contributed by atoms with van der Waals surface area (Å²) < 4.78 is 23.2. The molecule has 1 rings (SSSR count). The monoisotopic (exact) mass is 289 g/mol. The predicted octanol–water partition coefficient (Wildman–Crippen LogP) is 1.21. The minimum absolute atomic E-state index is 0.00879. The van der Waals surface area contributed by atoms with Crippen LogP contribution in [0.15, 0.2) is 35.1 Å². The molecule has 0 spiro atoms. The van der Waals surface area contributed by atoms with Crippen LogP contribution in [0.2, 0.25) is 5.02 Å². The highest BCUT2D eigenvalue weighted by atomic mass is 35.5. The van der Waals surface area contributed by atoms with Crippen molar-refractivity contribution < 1.29 is 18.3 Å². The average molecular weight is 290 g/mol. The Morgan fingerprint density at radius 3 is 2.67 bits per heavy atom. The Labute approximate surface area is 110 Å². The van der Waals surface area contributed by atoms with E-state index in [2.05, 4.69) is 6.58 Å². The summed E-state index contributed by atoms with van der Waals surface area (Å²) in [5.74, 6) is -1.18. The van der Waals surface area contributed by atoms with Crippen molar-refractivity contribution in [2.24, 2.45) is 5.73 Å². The Morgan fingerprint density at radius 1 is 1.56 bits per heavy atom. The molecule has 0 bridgehead atoms. The van der Waals surface area contributed by atoms with Crippen LogP contribution in [-0.4, -0.2) is 25.5 Å². The van der Waals surface area contributed by atoms with Gasteiger partial charge in [-0.2, -0.15) is 0 Å². The summed E-state index contributed by atoms with van der Waals surface area (Å²) in [6.45, 7) is 3.21. The van der Waals surface area contributed by atoms with E-state index in [1.54, 1.807) is 0 Å². The zero-order valence-electron chi connectivity index (χ0n) is 9.34. The van der Waals surface area contributed by atoms with Crippen molar-refractivity contribution in [3.63, 3.8) is 0 Å². The number of rotatable bonds is 5. The smallest absolute Gasteiger partial charge is 0.320 e. The number of carboxylic acid groups (broad SMARTS) is 1. The Hall–Kier alpha value is -1.37. The normalized spacial score (nSPS) is 13.0. The van der Waals surface area contributed by atoms with Crippen LogP contribution in [-0.2, 0) is 21.1 Å². The first-order chi connectivity index (χ1) is 8.27. The van der Waals surface area contributed by atoms with Gasteiger partial charge < -0.3 is 10.8 Å². The number of aliphatic carboxylic acids is 1. The topological polar surface area (TPSA) is 97.5 Å². The number of sulfone groups is 1. The third-order valence-electron chi connectivity index (χ3n) is 2.32. The van der Waals surface area contributed by atoms with Gasteiger partial charge in [0.2, 0.25) is 0 Å². The van der Waals surface area contributed by atoms with Crippen molar-refractivity contribution in [3.8, 4) is 0 Å². The van der Waals surface area contributed by atoms with Gasteiger partial charge in [0, 0.05) is 10.4 Å². The molecule has 0 saturated carbocycles. The molecular weight excluding hydrogens is 278 g/mol. The van der Waals surface area contributed by atoms with Gasteiger partial charge in [0.15, 0.2) is 9.84 Å². The van der Waals surface area contributed by atoms with Crippen molar-refractivity contribution in [2.75, 3.05) is 0 Å². The molecule has 5 nitrogen and oxygen atoms in total. The number of halogens is 1. The summed E-state index contributed by atoms with van der Waals surface area (Å²) in [7, 11) is -3.58. The zero-order chi connectivity index (χ0) is 13.9. The van der Waals surface area contributed by atoms with Crippen LogP contribution in [0.5, 0.6) is 0 Å². The lowest BCUT2D eigenvalue weighted by Gasteiger charge is -2.09. The molecule has 0 fully saturated rings. The molecule has 1 atom stereocenters. The Balaban J connectivity index is 3.17. The molecule has 18 heavy (non-hydrogen) atoms. The van der Waals surface area contributed by atoms with Gasteiger partial charge in [-0.15, -0.1) is 0 Å². The van der Waals surface area contributed by atoms with Crippen LogP contribution in [0, 0.1) is 0 Å². The molecule has 0 saturated heterocycles. The van der Waals surface area contributed by atoms with Gasteiger partial charge >= 0.3 is 5.97 Å². The van der Waals surface area contributed by atoms with E-state index in [1.807, 2.05) is 0 Å². The second-order valence-electron chi connectivity index (χ2n) is 3.61. The number of hydrogen-bond donors (Lipinski definition) is 2. The SMILES string of the molecule is C=CS(=O)(=O)c1ccc(Cl)c(C[C@H](N)C(=O)O)c1. The molecule has 3 N–H and O–H groups in total. The standard InChI is InChI=1S/C11H12ClNO4S/c1-2-18(16,17)8-3-4-9(12)7(5-8)6-10(13)11(14)15/h2-5,10H,1,6,13H2,(H,14,15)/t10-/m0/s1. The number of carbonyl (C=O) groups is 1. The molecule has 1 aromatic rings. The molecule has 0 aliphatic carbocycles. The minimum atomic E-state index is -3.58. The van der Waals surface area contributed by atoms with E-state index in [9.17, 15) is 13.2 Å². The fourth-order valence-electron chi connectivity index (χ4n) is 1.30. The fourth-order valence-corrected chi connectivity index (χ4v) is 2.26. The lowest BCUT2D eigenvalue weighted by molar-refractivity contribution is -0.138. The van der Waals surface area contributed by atoms with Crippen molar-refractivity contribution in [1.29, 1.82) is 0 Å².